The predicted molar refractivity (Wildman–Crippen MR) is 82.0 cm³/mol. The number of hydrogen-bond donors (Lipinski definition) is 2. The molecule has 0 heterocycles. The summed E-state index contributed by atoms with van der Waals surface area (Å²) in [5, 5.41) is 9.09. The first-order valence-corrected chi connectivity index (χ1v) is 7.87. The molecule has 0 amide bonds. The van der Waals surface area contributed by atoms with Gasteiger partial charge >= 0.3 is 0 Å². The molecule has 0 radical (unpaired) electrons. The van der Waals surface area contributed by atoms with E-state index in [0.717, 1.165) is 17.4 Å². The van der Waals surface area contributed by atoms with Crippen LogP contribution in [0.3, 0.4) is 0 Å². The van der Waals surface area contributed by atoms with Gasteiger partial charge in [-0.15, -0.1) is 0 Å². The maximum atomic E-state index is 9.09. The van der Waals surface area contributed by atoms with Gasteiger partial charge < -0.3 is 10.8 Å². The van der Waals surface area contributed by atoms with E-state index in [9.17, 15) is 0 Å². The Kier molecular flexibility index (Phi) is 5.82. The third-order valence-electron chi connectivity index (χ3n) is 3.98. The molecule has 1 aliphatic rings. The van der Waals surface area contributed by atoms with Crippen LogP contribution in [-0.4, -0.2) is 35.7 Å². The average molecular weight is 327 g/mol. The second kappa shape index (κ2) is 7.39. The van der Waals surface area contributed by atoms with Crippen molar-refractivity contribution in [3.05, 3.63) is 34.3 Å². The van der Waals surface area contributed by atoms with Crippen LogP contribution in [0.15, 0.2) is 28.7 Å². The lowest BCUT2D eigenvalue weighted by Crippen LogP contribution is -2.45. The Labute approximate surface area is 123 Å². The second-order valence-corrected chi connectivity index (χ2v) is 6.12. The zero-order chi connectivity index (χ0) is 13.7. The van der Waals surface area contributed by atoms with Gasteiger partial charge in [0.15, 0.2) is 0 Å². The molecule has 2 rings (SSSR count). The summed E-state index contributed by atoms with van der Waals surface area (Å²) in [6.07, 6.45) is 4.66. The van der Waals surface area contributed by atoms with Crippen LogP contribution >= 0.6 is 15.9 Å². The molecule has 0 bridgehead atoms. The van der Waals surface area contributed by atoms with Crippen molar-refractivity contribution < 1.29 is 5.11 Å². The summed E-state index contributed by atoms with van der Waals surface area (Å²) >= 11 is 3.53. The highest BCUT2D eigenvalue weighted by Gasteiger charge is 2.30. The molecular weight excluding hydrogens is 304 g/mol. The molecule has 1 atom stereocenters. The number of hydrogen-bond acceptors (Lipinski definition) is 3. The molecule has 1 aliphatic carbocycles. The van der Waals surface area contributed by atoms with Crippen molar-refractivity contribution in [2.75, 3.05) is 19.7 Å². The molecule has 4 heteroatoms. The van der Waals surface area contributed by atoms with E-state index < -0.39 is 0 Å². The number of aliphatic hydroxyl groups excluding tert-OH is 1. The van der Waals surface area contributed by atoms with Gasteiger partial charge in [-0.05, 0) is 37.0 Å². The van der Waals surface area contributed by atoms with E-state index in [2.05, 4.69) is 39.0 Å². The zero-order valence-corrected chi connectivity index (χ0v) is 12.8. The lowest BCUT2D eigenvalue weighted by Gasteiger charge is -2.42. The third-order valence-corrected chi connectivity index (χ3v) is 4.47. The first-order valence-electron chi connectivity index (χ1n) is 7.08. The maximum absolute atomic E-state index is 9.09. The number of rotatable bonds is 7. The fourth-order valence-electron chi connectivity index (χ4n) is 2.74. The van der Waals surface area contributed by atoms with Crippen LogP contribution in [0.4, 0.5) is 0 Å². The number of benzene rings is 1. The number of aliphatic hydroxyl groups is 1. The normalized spacial score (nSPS) is 17.5. The van der Waals surface area contributed by atoms with E-state index in [1.807, 2.05) is 6.07 Å². The fourth-order valence-corrected chi connectivity index (χ4v) is 3.16. The largest absolute Gasteiger partial charge is 0.396 e. The quantitative estimate of drug-likeness (QED) is 0.809. The maximum Gasteiger partial charge on any atom is 0.0473 e. The van der Waals surface area contributed by atoms with Gasteiger partial charge in [-0.25, -0.2) is 0 Å². The monoisotopic (exact) mass is 326 g/mol. The predicted octanol–water partition coefficient (Wildman–Crippen LogP) is 2.69. The Bertz CT molecular complexity index is 395. The van der Waals surface area contributed by atoms with Crippen molar-refractivity contribution >= 4 is 15.9 Å². The van der Waals surface area contributed by atoms with Crippen LogP contribution in [0.1, 0.15) is 37.3 Å². The Balaban J connectivity index is 2.15. The Hall–Kier alpha value is -0.420. The van der Waals surface area contributed by atoms with Crippen molar-refractivity contribution in [1.29, 1.82) is 0 Å². The molecule has 106 valence electrons. The summed E-state index contributed by atoms with van der Waals surface area (Å²) in [6, 6.07) is 9.30. The molecule has 3 nitrogen and oxygen atoms in total. The van der Waals surface area contributed by atoms with Crippen molar-refractivity contribution in [2.24, 2.45) is 5.73 Å². The Morgan fingerprint density at radius 2 is 2.21 bits per heavy atom. The summed E-state index contributed by atoms with van der Waals surface area (Å²) in [7, 11) is 0. The molecular formula is C15H23BrN2O. The van der Waals surface area contributed by atoms with Gasteiger partial charge in [-0.2, -0.15) is 0 Å². The first-order chi connectivity index (χ1) is 9.26. The summed E-state index contributed by atoms with van der Waals surface area (Å²) in [6.45, 7) is 1.80. The molecule has 0 spiro atoms. The minimum absolute atomic E-state index is 0.249. The SMILES string of the molecule is NCC(c1cccc(Br)c1)N(CCCO)C1CCC1. The Morgan fingerprint density at radius 3 is 2.74 bits per heavy atom. The van der Waals surface area contributed by atoms with Crippen LogP contribution in [0, 0.1) is 0 Å². The van der Waals surface area contributed by atoms with Crippen molar-refractivity contribution in [2.45, 2.75) is 37.8 Å². The number of nitrogens with zero attached hydrogens (tertiary/aromatic N) is 1. The molecule has 3 N–H and O–H groups in total. The van der Waals surface area contributed by atoms with Crippen LogP contribution in [-0.2, 0) is 0 Å². The van der Waals surface area contributed by atoms with E-state index in [-0.39, 0.29) is 12.6 Å². The second-order valence-electron chi connectivity index (χ2n) is 5.21. The van der Waals surface area contributed by atoms with E-state index in [4.69, 9.17) is 10.8 Å². The van der Waals surface area contributed by atoms with Gasteiger partial charge in [0, 0.05) is 36.3 Å². The van der Waals surface area contributed by atoms with E-state index in [0.29, 0.717) is 12.6 Å². The van der Waals surface area contributed by atoms with Gasteiger partial charge in [0.25, 0.3) is 0 Å². The van der Waals surface area contributed by atoms with Crippen LogP contribution in [0.2, 0.25) is 0 Å². The molecule has 19 heavy (non-hydrogen) atoms. The summed E-state index contributed by atoms with van der Waals surface area (Å²) in [4.78, 5) is 2.49. The lowest BCUT2D eigenvalue weighted by molar-refractivity contribution is 0.0743. The highest BCUT2D eigenvalue weighted by atomic mass is 79.9. The molecule has 0 saturated heterocycles. The summed E-state index contributed by atoms with van der Waals surface area (Å²) in [5.41, 5.74) is 7.29. The Morgan fingerprint density at radius 1 is 1.42 bits per heavy atom. The van der Waals surface area contributed by atoms with E-state index in [1.54, 1.807) is 0 Å². The fraction of sp³-hybridized carbons (Fsp3) is 0.600. The van der Waals surface area contributed by atoms with Gasteiger partial charge in [-0.3, -0.25) is 4.90 Å². The number of halogens is 1. The molecule has 1 fully saturated rings. The van der Waals surface area contributed by atoms with Crippen LogP contribution in [0.25, 0.3) is 0 Å². The standard InChI is InChI=1S/C15H23BrN2O/c16-13-5-1-4-12(10-13)15(11-17)18(8-3-9-19)14-6-2-7-14/h1,4-5,10,14-15,19H,2-3,6-9,11,17H2. The third kappa shape index (κ3) is 3.78. The highest BCUT2D eigenvalue weighted by Crippen LogP contribution is 2.32. The van der Waals surface area contributed by atoms with Gasteiger partial charge in [0.2, 0.25) is 0 Å². The minimum atomic E-state index is 0.249. The van der Waals surface area contributed by atoms with Gasteiger partial charge in [-0.1, -0.05) is 34.5 Å². The number of nitrogens with two attached hydrogens (primary N) is 1. The van der Waals surface area contributed by atoms with E-state index in [1.165, 1.54) is 24.8 Å². The topological polar surface area (TPSA) is 49.5 Å². The molecule has 1 saturated carbocycles. The average Bonchev–Trinajstić information content (AvgIpc) is 2.34. The van der Waals surface area contributed by atoms with Crippen molar-refractivity contribution in [3.8, 4) is 0 Å². The van der Waals surface area contributed by atoms with Crippen LogP contribution < -0.4 is 5.73 Å². The van der Waals surface area contributed by atoms with Crippen LogP contribution in [0.5, 0.6) is 0 Å². The van der Waals surface area contributed by atoms with Crippen molar-refractivity contribution in [1.82, 2.24) is 4.90 Å². The smallest absolute Gasteiger partial charge is 0.0473 e. The minimum Gasteiger partial charge on any atom is -0.396 e. The molecule has 0 aromatic heterocycles. The van der Waals surface area contributed by atoms with Crippen molar-refractivity contribution in [3.63, 3.8) is 0 Å². The molecule has 1 unspecified atom stereocenters. The first kappa shape index (κ1) is 15.0. The zero-order valence-electron chi connectivity index (χ0n) is 11.3. The lowest BCUT2D eigenvalue weighted by atomic mass is 9.89. The highest BCUT2D eigenvalue weighted by molar-refractivity contribution is 9.10. The summed E-state index contributed by atoms with van der Waals surface area (Å²) in [5.74, 6) is 0. The van der Waals surface area contributed by atoms with E-state index >= 15 is 0 Å². The van der Waals surface area contributed by atoms with Gasteiger partial charge in [0.05, 0.1) is 0 Å². The van der Waals surface area contributed by atoms with Gasteiger partial charge in [0.1, 0.15) is 0 Å². The molecule has 0 aliphatic heterocycles. The summed E-state index contributed by atoms with van der Waals surface area (Å²) < 4.78 is 1.10. The molecule has 1 aromatic carbocycles. The molecule has 1 aromatic rings.